The molecule has 0 radical (unpaired) electrons. The van der Waals surface area contributed by atoms with E-state index in [2.05, 4.69) is 31.9 Å². The molecule has 0 bridgehead atoms. The molecule has 0 spiro atoms. The van der Waals surface area contributed by atoms with Crippen molar-refractivity contribution >= 4 is 47.0 Å². The molecule has 4 aliphatic heterocycles. The molecule has 4 aromatic carbocycles. The van der Waals surface area contributed by atoms with Gasteiger partial charge in [0.05, 0.1) is 44.4 Å². The number of nitrogens with one attached hydrogen (secondary N) is 6. The number of aliphatic hydroxyl groups is 2. The minimum absolute atomic E-state index is 0.0486. The van der Waals surface area contributed by atoms with E-state index >= 15 is 0 Å². The van der Waals surface area contributed by atoms with E-state index < -0.39 is 88.6 Å². The average molecular weight is 1260 g/mol. The number of hydrogen-bond donors (Lipinski definition) is 8. The van der Waals surface area contributed by atoms with E-state index in [1.807, 2.05) is 72.8 Å². The number of rotatable bonds is 34. The van der Waals surface area contributed by atoms with Crippen LogP contribution in [0.4, 0.5) is 0 Å². The van der Waals surface area contributed by atoms with Gasteiger partial charge in [-0.25, -0.2) is 0 Å². The number of Topliss-reactive ketones (excluding diaryl/α,β-unsaturated/α-hetero) is 2. The van der Waals surface area contributed by atoms with Crippen LogP contribution in [-0.4, -0.2) is 183 Å². The molecule has 91 heavy (non-hydrogen) atoms. The van der Waals surface area contributed by atoms with Gasteiger partial charge in [-0.3, -0.25) is 38.4 Å². The minimum Gasteiger partial charge on any atom is -0.396 e. The summed E-state index contributed by atoms with van der Waals surface area (Å²) in [5.41, 5.74) is -1.08. The van der Waals surface area contributed by atoms with Crippen molar-refractivity contribution in [3.05, 3.63) is 144 Å². The van der Waals surface area contributed by atoms with Crippen molar-refractivity contribution in [2.24, 2.45) is 17.8 Å². The van der Waals surface area contributed by atoms with Crippen LogP contribution < -0.4 is 31.9 Å². The first-order valence-electron chi connectivity index (χ1n) is 32.6. The second kappa shape index (κ2) is 33.9. The molecule has 6 amide bonds. The van der Waals surface area contributed by atoms with Gasteiger partial charge in [-0.15, -0.1) is 0 Å². The Balaban J connectivity index is 0.801. The van der Waals surface area contributed by atoms with Gasteiger partial charge in [0, 0.05) is 63.8 Å². The number of amides is 6. The summed E-state index contributed by atoms with van der Waals surface area (Å²) in [5.74, 6) is -4.67. The van der Waals surface area contributed by atoms with Gasteiger partial charge >= 0.3 is 0 Å². The minimum atomic E-state index is -1.70. The smallest absolute Gasteiger partial charge is 0.255 e. The summed E-state index contributed by atoms with van der Waals surface area (Å²) in [7, 11) is 3.32. The lowest BCUT2D eigenvalue weighted by molar-refractivity contribution is -0.146. The maximum atomic E-state index is 15.0. The fourth-order valence-corrected chi connectivity index (χ4v) is 13.6. The van der Waals surface area contributed by atoms with Gasteiger partial charge in [-0.05, 0) is 127 Å². The molecule has 21 nitrogen and oxygen atoms in total. The first kappa shape index (κ1) is 69.6. The van der Waals surface area contributed by atoms with E-state index in [9.17, 15) is 48.6 Å². The van der Waals surface area contributed by atoms with Gasteiger partial charge in [-0.2, -0.15) is 0 Å². The molecular formula is C70H94N8O13. The van der Waals surface area contributed by atoms with Crippen LogP contribution in [0.15, 0.2) is 121 Å². The average Bonchev–Trinajstić information content (AvgIpc) is 1.65. The van der Waals surface area contributed by atoms with Crippen molar-refractivity contribution in [1.29, 1.82) is 0 Å². The molecule has 10 atom stereocenters. The zero-order chi connectivity index (χ0) is 64.9. The van der Waals surface area contributed by atoms with Crippen molar-refractivity contribution < 1.29 is 62.8 Å². The van der Waals surface area contributed by atoms with Gasteiger partial charge < -0.3 is 66.1 Å². The Hall–Kier alpha value is -7.24. The lowest BCUT2D eigenvalue weighted by Crippen LogP contribution is -2.62. The molecule has 0 aromatic heterocycles. The molecule has 21 heteroatoms. The number of fused-ring (bicyclic) bond motifs is 2. The molecule has 0 saturated carbocycles. The van der Waals surface area contributed by atoms with Gasteiger partial charge in [0.1, 0.15) is 29.4 Å². The van der Waals surface area contributed by atoms with Gasteiger partial charge in [-0.1, -0.05) is 121 Å². The van der Waals surface area contributed by atoms with E-state index in [1.165, 1.54) is 0 Å². The molecule has 4 fully saturated rings. The van der Waals surface area contributed by atoms with Crippen LogP contribution in [-0.2, 0) is 63.6 Å². The Bertz CT molecular complexity index is 2750. The summed E-state index contributed by atoms with van der Waals surface area (Å²) in [6.45, 7) is 4.95. The normalized spacial score (nSPS) is 22.4. The molecule has 8 N–H and O–H groups in total. The SMILES string of the molecule is CN[C@@H](C)C(=O)C[C@@H]1C(=O)N2[C@@H](CC[C@@H]1CO)CC[C@H]2C(=O)NC(C(=O)CCCCOCCOCCOCCCNC(=O)C(NC(=O)[C@@H]1CC[C@@H]2CC[C@H](CO)[C@H](NC(=O)[C@H](C)NC)C(=O)N21)(c1ccccc1)c1ccccc1)(c1ccccc1)c1ccccc1. The molecule has 4 heterocycles. The summed E-state index contributed by atoms with van der Waals surface area (Å²) in [4.78, 5) is 118. The standard InChI is InChI=1S/C70H94N8O13/c1-47(71-3)60(81)44-57-49(45-79)29-31-55-33-35-58(77(55)66(57)86)64(84)75-69(51-20-9-5-10-21-51,52-22-11-6-12-23-52)61(82)28-17-18-38-89-40-42-91-43-41-90-39-19-37-73-68(88)70(53-24-13-7-14-25-53,54-26-15-8-16-27-54)76-65(85)59-36-34-56-32-30-50(46-80)62(67(87)78(56)59)74-63(83)48(2)72-4/h5-16,20-27,47-50,55-59,62,71-72,79-80H,17-19,28-46H2,1-4H3,(H,73,88)(H,74,83)(H,75,84)(H,76,85)/t47-,48-,49+,50+,55-,56-,57-,58-,59-,62-/m0/s1. The summed E-state index contributed by atoms with van der Waals surface area (Å²) in [6, 6.07) is 31.8. The highest BCUT2D eigenvalue weighted by Gasteiger charge is 2.53. The molecular weight excluding hydrogens is 1160 g/mol. The fourth-order valence-electron chi connectivity index (χ4n) is 13.6. The highest BCUT2D eigenvalue weighted by molar-refractivity contribution is 6.01. The maximum absolute atomic E-state index is 15.0. The molecule has 0 unspecified atom stereocenters. The van der Waals surface area contributed by atoms with Crippen molar-refractivity contribution in [2.75, 3.05) is 73.5 Å². The molecule has 4 saturated heterocycles. The van der Waals surface area contributed by atoms with Crippen molar-refractivity contribution in [3.63, 3.8) is 0 Å². The number of nitrogens with zero attached hydrogens (tertiary/aromatic N) is 2. The third kappa shape index (κ3) is 16.5. The number of carbonyl (C=O) groups is 8. The molecule has 4 aliphatic rings. The Kier molecular flexibility index (Phi) is 25.9. The lowest BCUT2D eigenvalue weighted by Gasteiger charge is -2.38. The van der Waals surface area contributed by atoms with Gasteiger partial charge in [0.2, 0.25) is 29.5 Å². The van der Waals surface area contributed by atoms with E-state index in [0.29, 0.717) is 133 Å². The lowest BCUT2D eigenvalue weighted by atomic mass is 9.77. The van der Waals surface area contributed by atoms with Crippen molar-refractivity contribution in [1.82, 2.24) is 41.7 Å². The Morgan fingerprint density at radius 2 is 0.956 bits per heavy atom. The van der Waals surface area contributed by atoms with Crippen molar-refractivity contribution in [2.45, 2.75) is 151 Å². The van der Waals surface area contributed by atoms with Gasteiger partial charge in [0.15, 0.2) is 11.3 Å². The van der Waals surface area contributed by atoms with E-state index in [0.717, 1.165) is 0 Å². The maximum Gasteiger partial charge on any atom is 0.255 e. The summed E-state index contributed by atoms with van der Waals surface area (Å²) in [5, 5.41) is 38.9. The second-order valence-corrected chi connectivity index (χ2v) is 24.6. The second-order valence-electron chi connectivity index (χ2n) is 24.6. The monoisotopic (exact) mass is 1250 g/mol. The van der Waals surface area contributed by atoms with Crippen LogP contribution in [0.1, 0.15) is 120 Å². The number of unbranched alkanes of at least 4 members (excludes halogenated alkanes) is 1. The van der Waals surface area contributed by atoms with E-state index in [-0.39, 0.29) is 62.2 Å². The first-order valence-corrected chi connectivity index (χ1v) is 32.6. The van der Waals surface area contributed by atoms with E-state index in [4.69, 9.17) is 14.2 Å². The number of carbonyl (C=O) groups excluding carboxylic acids is 8. The Morgan fingerprint density at radius 1 is 0.527 bits per heavy atom. The van der Waals surface area contributed by atoms with Crippen LogP contribution >= 0.6 is 0 Å². The summed E-state index contributed by atoms with van der Waals surface area (Å²) in [6.07, 6.45) is 5.57. The van der Waals surface area contributed by atoms with Crippen LogP contribution in [0, 0.1) is 17.8 Å². The molecule has 8 rings (SSSR count). The Morgan fingerprint density at radius 3 is 1.44 bits per heavy atom. The zero-order valence-corrected chi connectivity index (χ0v) is 53.2. The quantitative estimate of drug-likeness (QED) is 0.0304. The van der Waals surface area contributed by atoms with Crippen molar-refractivity contribution in [3.8, 4) is 0 Å². The number of aliphatic hydroxyl groups excluding tert-OH is 2. The Labute approximate surface area is 534 Å². The number of likely N-dealkylation sites (N-methyl/N-ethyl adjacent to an activating group) is 2. The summed E-state index contributed by atoms with van der Waals surface area (Å²) >= 11 is 0. The number of hydrogen-bond acceptors (Lipinski definition) is 15. The predicted octanol–water partition coefficient (Wildman–Crippen LogP) is 4.20. The number of ketones is 2. The van der Waals surface area contributed by atoms with Crippen LogP contribution in [0.3, 0.4) is 0 Å². The molecule has 4 aromatic rings. The third-order valence-corrected chi connectivity index (χ3v) is 19.1. The molecule has 492 valence electrons. The highest BCUT2D eigenvalue weighted by atomic mass is 16.5. The van der Waals surface area contributed by atoms with Crippen LogP contribution in [0.2, 0.25) is 0 Å². The predicted molar refractivity (Wildman–Crippen MR) is 342 cm³/mol. The van der Waals surface area contributed by atoms with Crippen LogP contribution in [0.25, 0.3) is 0 Å². The third-order valence-electron chi connectivity index (χ3n) is 19.1. The molecule has 0 aliphatic carbocycles. The fraction of sp³-hybridized carbons (Fsp3) is 0.543. The van der Waals surface area contributed by atoms with Crippen LogP contribution in [0.5, 0.6) is 0 Å². The number of ether oxygens (including phenoxy) is 3. The summed E-state index contributed by atoms with van der Waals surface area (Å²) < 4.78 is 17.6. The highest BCUT2D eigenvalue weighted by Crippen LogP contribution is 2.41. The van der Waals surface area contributed by atoms with Gasteiger partial charge in [0.25, 0.3) is 5.91 Å². The largest absolute Gasteiger partial charge is 0.396 e. The topological polar surface area (TPSA) is 283 Å². The zero-order valence-electron chi connectivity index (χ0n) is 53.2. The first-order chi connectivity index (χ1) is 44.1. The van der Waals surface area contributed by atoms with E-state index in [1.54, 1.807) is 86.3 Å². The number of benzene rings is 4.